The first-order chi connectivity index (χ1) is 13.4. The normalized spacial score (nSPS) is 10.1. The van der Waals surface area contributed by atoms with Crippen LogP contribution in [0.2, 0.25) is 5.02 Å². The Balaban J connectivity index is 0.000000300. The maximum absolute atomic E-state index is 9.55. The Morgan fingerprint density at radius 1 is 1.18 bits per heavy atom. The Morgan fingerprint density at radius 2 is 1.82 bits per heavy atom. The number of rotatable bonds is 5. The summed E-state index contributed by atoms with van der Waals surface area (Å²) in [5.41, 5.74) is 1.85. The van der Waals surface area contributed by atoms with E-state index in [1.807, 2.05) is 58.5 Å². The van der Waals surface area contributed by atoms with Gasteiger partial charge in [0.1, 0.15) is 6.54 Å². The molecule has 7 nitrogen and oxygen atoms in total. The van der Waals surface area contributed by atoms with Crippen LogP contribution in [0.3, 0.4) is 0 Å². The lowest BCUT2D eigenvalue weighted by atomic mass is 10.2. The van der Waals surface area contributed by atoms with Gasteiger partial charge in [-0.3, -0.25) is 14.7 Å². The van der Waals surface area contributed by atoms with Crippen molar-refractivity contribution in [2.75, 3.05) is 11.6 Å². The second kappa shape index (κ2) is 9.80. The average molecular weight is 398 g/mol. The maximum atomic E-state index is 9.55. The van der Waals surface area contributed by atoms with Crippen LogP contribution in [0.25, 0.3) is 10.9 Å². The summed E-state index contributed by atoms with van der Waals surface area (Å²) in [6.07, 6.45) is 12.3. The van der Waals surface area contributed by atoms with Gasteiger partial charge in [-0.05, 0) is 36.4 Å². The third kappa shape index (κ3) is 5.62. The molecule has 3 rings (SSSR count). The minimum Gasteiger partial charge on any atom is -0.478 e. The molecule has 0 unspecified atom stereocenters. The Morgan fingerprint density at radius 3 is 2.39 bits per heavy atom. The van der Waals surface area contributed by atoms with E-state index in [1.54, 1.807) is 6.20 Å². The van der Waals surface area contributed by atoms with Gasteiger partial charge in [0.2, 0.25) is 0 Å². The molecule has 0 atom stereocenters. The number of aliphatic carboxylic acids is 2. The molecule has 8 heteroatoms. The second-order valence-electron chi connectivity index (χ2n) is 5.33. The van der Waals surface area contributed by atoms with Gasteiger partial charge in [-0.25, -0.2) is 9.59 Å². The number of benzene rings is 1. The molecule has 0 bridgehead atoms. The first-order valence-corrected chi connectivity index (χ1v) is 8.32. The van der Waals surface area contributed by atoms with E-state index in [-0.39, 0.29) is 0 Å². The standard InChI is InChI=1S/C16H12ClN3.C4H4O4/c1-2-9-20(19-10-3-4-11-19)16-7-8-18-15-12-13(17)5-6-14(15)16;5-3(6)1-2-4(7)8/h1,3-8,10-12H,9H2;1-2H,(H,5,6)(H,7,8). The van der Waals surface area contributed by atoms with Crippen LogP contribution in [0.4, 0.5) is 5.69 Å². The van der Waals surface area contributed by atoms with E-state index in [9.17, 15) is 9.59 Å². The minimum atomic E-state index is -1.26. The number of hydrogen-bond acceptors (Lipinski definition) is 4. The fourth-order valence-corrected chi connectivity index (χ4v) is 2.50. The van der Waals surface area contributed by atoms with E-state index in [0.29, 0.717) is 23.7 Å². The van der Waals surface area contributed by atoms with Crippen molar-refractivity contribution in [3.63, 3.8) is 0 Å². The van der Waals surface area contributed by atoms with Gasteiger partial charge in [0.15, 0.2) is 0 Å². The summed E-state index contributed by atoms with van der Waals surface area (Å²) in [6.45, 7) is 0.469. The number of terminal acetylenes is 1. The number of carboxylic acids is 2. The highest BCUT2D eigenvalue weighted by Crippen LogP contribution is 2.27. The molecule has 0 fully saturated rings. The Labute approximate surface area is 166 Å². The zero-order valence-corrected chi connectivity index (χ0v) is 15.3. The summed E-state index contributed by atoms with van der Waals surface area (Å²) in [7, 11) is 0. The van der Waals surface area contributed by atoms with Crippen molar-refractivity contribution in [1.29, 1.82) is 0 Å². The van der Waals surface area contributed by atoms with Crippen molar-refractivity contribution in [3.05, 3.63) is 72.2 Å². The molecule has 0 radical (unpaired) electrons. The van der Waals surface area contributed by atoms with E-state index in [2.05, 4.69) is 10.9 Å². The lowest BCUT2D eigenvalue weighted by Gasteiger charge is -2.25. The highest BCUT2D eigenvalue weighted by molar-refractivity contribution is 6.31. The van der Waals surface area contributed by atoms with Crippen molar-refractivity contribution in [2.24, 2.45) is 0 Å². The molecular formula is C20H16ClN3O4. The molecule has 0 amide bonds. The molecule has 0 spiro atoms. The fourth-order valence-electron chi connectivity index (χ4n) is 2.34. The third-order valence-corrected chi connectivity index (χ3v) is 3.67. The van der Waals surface area contributed by atoms with E-state index in [1.165, 1.54) is 0 Å². The summed E-state index contributed by atoms with van der Waals surface area (Å²) < 4.78 is 1.96. The Kier molecular flexibility index (Phi) is 7.20. The number of fused-ring (bicyclic) bond motifs is 1. The van der Waals surface area contributed by atoms with Gasteiger partial charge in [0, 0.05) is 41.2 Å². The van der Waals surface area contributed by atoms with Crippen molar-refractivity contribution in [1.82, 2.24) is 9.66 Å². The topological polar surface area (TPSA) is 95.7 Å². The average Bonchev–Trinajstić information content (AvgIpc) is 3.19. The molecule has 0 saturated heterocycles. The number of nitrogens with zero attached hydrogens (tertiary/aromatic N) is 3. The summed E-state index contributed by atoms with van der Waals surface area (Å²) >= 11 is 6.02. The van der Waals surface area contributed by atoms with Crippen LogP contribution in [0.5, 0.6) is 0 Å². The van der Waals surface area contributed by atoms with E-state index >= 15 is 0 Å². The van der Waals surface area contributed by atoms with Gasteiger partial charge in [0.05, 0.1) is 11.2 Å². The molecule has 0 aliphatic heterocycles. The van der Waals surface area contributed by atoms with Crippen molar-refractivity contribution >= 4 is 40.1 Å². The molecule has 3 aromatic rings. The number of pyridine rings is 1. The number of carbonyl (C=O) groups is 2. The van der Waals surface area contributed by atoms with E-state index in [4.69, 9.17) is 28.2 Å². The van der Waals surface area contributed by atoms with Crippen LogP contribution >= 0.6 is 11.6 Å². The Hall–Kier alpha value is -3.76. The number of halogens is 1. The lowest BCUT2D eigenvalue weighted by molar-refractivity contribution is -0.134. The predicted octanol–water partition coefficient (Wildman–Crippen LogP) is 3.30. The quantitative estimate of drug-likeness (QED) is 0.506. The third-order valence-electron chi connectivity index (χ3n) is 3.44. The largest absolute Gasteiger partial charge is 0.478 e. The van der Waals surface area contributed by atoms with Crippen LogP contribution in [-0.2, 0) is 9.59 Å². The fraction of sp³-hybridized carbons (Fsp3) is 0.0500. The Bertz CT molecular complexity index is 1020. The number of carboxylic acid groups (broad SMARTS) is 2. The second-order valence-corrected chi connectivity index (χ2v) is 5.76. The van der Waals surface area contributed by atoms with Gasteiger partial charge < -0.3 is 10.2 Å². The van der Waals surface area contributed by atoms with Crippen LogP contribution in [0.1, 0.15) is 0 Å². The summed E-state index contributed by atoms with van der Waals surface area (Å²) in [5, 5.41) is 19.3. The van der Waals surface area contributed by atoms with Crippen molar-refractivity contribution in [2.45, 2.75) is 0 Å². The molecule has 2 N–H and O–H groups in total. The van der Waals surface area contributed by atoms with Crippen LogP contribution < -0.4 is 5.01 Å². The molecule has 0 saturated carbocycles. The van der Waals surface area contributed by atoms with E-state index < -0.39 is 11.9 Å². The zero-order chi connectivity index (χ0) is 20.5. The molecular weight excluding hydrogens is 382 g/mol. The number of aromatic nitrogens is 2. The highest BCUT2D eigenvalue weighted by Gasteiger charge is 2.11. The highest BCUT2D eigenvalue weighted by atomic mass is 35.5. The lowest BCUT2D eigenvalue weighted by Crippen LogP contribution is -2.28. The molecule has 0 aliphatic rings. The molecule has 2 aromatic heterocycles. The van der Waals surface area contributed by atoms with Gasteiger partial charge in [-0.15, -0.1) is 6.42 Å². The summed E-state index contributed by atoms with van der Waals surface area (Å²) in [6, 6.07) is 11.6. The predicted molar refractivity (Wildman–Crippen MR) is 107 cm³/mol. The SMILES string of the molecule is C#CCN(c1ccnc2cc(Cl)ccc12)n1cccc1.O=C(O)C=CC(=O)O. The molecule has 28 heavy (non-hydrogen) atoms. The number of hydrogen-bond donors (Lipinski definition) is 2. The summed E-state index contributed by atoms with van der Waals surface area (Å²) in [4.78, 5) is 23.5. The van der Waals surface area contributed by atoms with Crippen LogP contribution in [0, 0.1) is 12.3 Å². The van der Waals surface area contributed by atoms with Crippen LogP contribution in [-0.4, -0.2) is 38.4 Å². The molecule has 0 aliphatic carbocycles. The van der Waals surface area contributed by atoms with Crippen molar-refractivity contribution in [3.8, 4) is 12.3 Å². The monoisotopic (exact) mass is 397 g/mol. The molecule has 1 aromatic carbocycles. The van der Waals surface area contributed by atoms with Gasteiger partial charge in [-0.1, -0.05) is 17.5 Å². The molecule has 142 valence electrons. The smallest absolute Gasteiger partial charge is 0.328 e. The minimum absolute atomic E-state index is 0.469. The van der Waals surface area contributed by atoms with Crippen LogP contribution in [0.15, 0.2) is 67.1 Å². The number of anilines is 1. The summed E-state index contributed by atoms with van der Waals surface area (Å²) in [5.74, 6) is 0.175. The van der Waals surface area contributed by atoms with Gasteiger partial charge in [0.25, 0.3) is 0 Å². The first-order valence-electron chi connectivity index (χ1n) is 7.95. The first kappa shape index (κ1) is 20.6. The maximum Gasteiger partial charge on any atom is 0.328 e. The van der Waals surface area contributed by atoms with Gasteiger partial charge >= 0.3 is 11.9 Å². The van der Waals surface area contributed by atoms with Crippen molar-refractivity contribution < 1.29 is 19.8 Å². The zero-order valence-electron chi connectivity index (χ0n) is 14.6. The van der Waals surface area contributed by atoms with Gasteiger partial charge in [-0.2, -0.15) is 0 Å². The molecule has 2 heterocycles. The van der Waals surface area contributed by atoms with E-state index in [0.717, 1.165) is 16.6 Å².